The number of hydrogen-bond acceptors (Lipinski definition) is 3. The first-order chi connectivity index (χ1) is 16.4. The van der Waals surface area contributed by atoms with Crippen LogP contribution in [0.1, 0.15) is 64.8 Å². The third kappa shape index (κ3) is 4.56. The van der Waals surface area contributed by atoms with Gasteiger partial charge in [-0.3, -0.25) is 4.79 Å². The number of carbonyl (C=O) groups is 1. The summed E-state index contributed by atoms with van der Waals surface area (Å²) >= 11 is 3.38. The summed E-state index contributed by atoms with van der Waals surface area (Å²) in [5, 5.41) is 13.5. The first kappa shape index (κ1) is 23.3. The highest BCUT2D eigenvalue weighted by atomic mass is 79.9. The molecule has 34 heavy (non-hydrogen) atoms. The van der Waals surface area contributed by atoms with Gasteiger partial charge < -0.3 is 10.4 Å². The first-order valence-corrected chi connectivity index (χ1v) is 13.0. The van der Waals surface area contributed by atoms with Crippen LogP contribution in [0.4, 0.5) is 5.69 Å². The number of amides is 1. The average Bonchev–Trinajstić information content (AvgIpc) is 2.98. The Hall–Kier alpha value is -2.50. The number of halogens is 1. The number of pyridine rings is 1. The van der Waals surface area contributed by atoms with Crippen molar-refractivity contribution in [1.29, 1.82) is 0 Å². The molecule has 176 valence electrons. The van der Waals surface area contributed by atoms with Crippen LogP contribution in [0.5, 0.6) is 0 Å². The lowest BCUT2D eigenvalue weighted by Gasteiger charge is -2.46. The van der Waals surface area contributed by atoms with E-state index in [1.807, 2.05) is 25.1 Å². The van der Waals surface area contributed by atoms with E-state index in [9.17, 15) is 9.90 Å². The lowest BCUT2D eigenvalue weighted by Crippen LogP contribution is -2.43. The minimum Gasteiger partial charge on any atom is -0.393 e. The van der Waals surface area contributed by atoms with Gasteiger partial charge in [-0.25, -0.2) is 4.98 Å². The van der Waals surface area contributed by atoms with Crippen LogP contribution >= 0.6 is 15.9 Å². The zero-order valence-electron chi connectivity index (χ0n) is 19.6. The number of benzene rings is 2. The van der Waals surface area contributed by atoms with E-state index in [-0.39, 0.29) is 17.4 Å². The Morgan fingerprint density at radius 3 is 2.76 bits per heavy atom. The molecule has 1 aromatic heterocycles. The molecule has 3 atom stereocenters. The number of aliphatic hydroxyl groups is 1. The molecule has 1 fully saturated rings. The molecule has 0 aliphatic heterocycles. The highest BCUT2D eigenvalue weighted by Gasteiger charge is 2.46. The number of nitrogens with one attached hydrogen (secondary N) is 1. The Kier molecular flexibility index (Phi) is 6.59. The number of aliphatic hydroxyl groups excluding tert-OH is 1. The summed E-state index contributed by atoms with van der Waals surface area (Å²) in [5.41, 5.74) is 6.21. The predicted molar refractivity (Wildman–Crippen MR) is 139 cm³/mol. The number of fused-ring (bicyclic) bond motifs is 3. The molecule has 4 nitrogen and oxygen atoms in total. The average molecular weight is 519 g/mol. The third-order valence-corrected chi connectivity index (χ3v) is 8.27. The molecule has 0 radical (unpaired) electrons. The van der Waals surface area contributed by atoms with Gasteiger partial charge in [0, 0.05) is 11.0 Å². The number of carbonyl (C=O) groups excluding carboxylic acids is 1. The maximum absolute atomic E-state index is 13.1. The van der Waals surface area contributed by atoms with E-state index in [0.29, 0.717) is 11.5 Å². The van der Waals surface area contributed by atoms with Crippen LogP contribution in [0, 0.1) is 12.8 Å². The highest BCUT2D eigenvalue weighted by molar-refractivity contribution is 9.10. The normalized spacial score (nSPS) is 24.0. The Morgan fingerprint density at radius 1 is 1.15 bits per heavy atom. The van der Waals surface area contributed by atoms with E-state index in [1.165, 1.54) is 16.7 Å². The van der Waals surface area contributed by atoms with Gasteiger partial charge in [-0.2, -0.15) is 0 Å². The summed E-state index contributed by atoms with van der Waals surface area (Å²) in [4.78, 5) is 17.5. The Balaban J connectivity index is 1.50. The van der Waals surface area contributed by atoms with Gasteiger partial charge in [0.25, 0.3) is 5.91 Å². The van der Waals surface area contributed by atoms with Gasteiger partial charge >= 0.3 is 0 Å². The SMILES string of the molecule is Cc1nc(Br)ccc1NC(=O)c1ccc2c(c1)CCCC1CC(O)CCC21Cc1ccccc1. The molecule has 5 heteroatoms. The van der Waals surface area contributed by atoms with E-state index in [4.69, 9.17) is 0 Å². The molecule has 0 spiro atoms. The fourth-order valence-electron chi connectivity index (χ4n) is 6.16. The minimum absolute atomic E-state index is 0.00758. The molecule has 1 heterocycles. The topological polar surface area (TPSA) is 62.2 Å². The molecule has 3 unspecified atom stereocenters. The van der Waals surface area contributed by atoms with E-state index in [2.05, 4.69) is 68.7 Å². The van der Waals surface area contributed by atoms with Crippen molar-refractivity contribution in [3.63, 3.8) is 0 Å². The lowest BCUT2D eigenvalue weighted by atomic mass is 9.58. The standard InChI is InChI=1S/C29H31BrN2O2/c1-19-26(12-13-27(30)31-19)32-28(34)22-10-11-25-21(16-22)8-5-9-23-17-24(33)14-15-29(23,25)18-20-6-3-2-4-7-20/h2-4,6-7,10-13,16,23-24,33H,5,8-9,14-15,17-18H2,1H3,(H,32,34). The number of nitrogens with zero attached hydrogens (tertiary/aromatic N) is 1. The Bertz CT molecular complexity index is 1200. The number of hydrogen-bond donors (Lipinski definition) is 2. The van der Waals surface area contributed by atoms with Crippen molar-refractivity contribution in [2.45, 2.75) is 63.4 Å². The summed E-state index contributed by atoms with van der Waals surface area (Å²) in [6.07, 6.45) is 6.63. The van der Waals surface area contributed by atoms with Crippen LogP contribution in [0.3, 0.4) is 0 Å². The van der Waals surface area contributed by atoms with Gasteiger partial charge in [0.05, 0.1) is 17.5 Å². The number of rotatable bonds is 4. The molecule has 3 aromatic rings. The van der Waals surface area contributed by atoms with Crippen molar-refractivity contribution in [3.05, 3.63) is 93.2 Å². The summed E-state index contributed by atoms with van der Waals surface area (Å²) in [6.45, 7) is 1.89. The molecule has 1 saturated carbocycles. The smallest absolute Gasteiger partial charge is 0.255 e. The first-order valence-electron chi connectivity index (χ1n) is 12.2. The number of anilines is 1. The Morgan fingerprint density at radius 2 is 1.97 bits per heavy atom. The maximum Gasteiger partial charge on any atom is 0.255 e. The summed E-state index contributed by atoms with van der Waals surface area (Å²) in [6, 6.07) is 20.7. The second-order valence-corrected chi connectivity index (χ2v) is 10.7. The quantitative estimate of drug-likeness (QED) is 0.393. The largest absolute Gasteiger partial charge is 0.393 e. The van der Waals surface area contributed by atoms with Crippen molar-refractivity contribution in [2.24, 2.45) is 5.92 Å². The molecule has 1 amide bonds. The molecule has 2 N–H and O–H groups in total. The van der Waals surface area contributed by atoms with Crippen molar-refractivity contribution < 1.29 is 9.90 Å². The minimum atomic E-state index is -0.205. The molecule has 2 aliphatic rings. The summed E-state index contributed by atoms with van der Waals surface area (Å²) in [5.74, 6) is 0.348. The van der Waals surface area contributed by atoms with Crippen LogP contribution in [0.2, 0.25) is 0 Å². The van der Waals surface area contributed by atoms with Gasteiger partial charge in [-0.1, -0.05) is 36.4 Å². The van der Waals surface area contributed by atoms with E-state index >= 15 is 0 Å². The van der Waals surface area contributed by atoms with Crippen LogP contribution in [0.25, 0.3) is 0 Å². The zero-order chi connectivity index (χ0) is 23.7. The second-order valence-electron chi connectivity index (χ2n) is 9.93. The van der Waals surface area contributed by atoms with Crippen molar-refractivity contribution >= 4 is 27.5 Å². The van der Waals surface area contributed by atoms with E-state index < -0.39 is 0 Å². The monoisotopic (exact) mass is 518 g/mol. The Labute approximate surface area is 210 Å². The fourth-order valence-corrected chi connectivity index (χ4v) is 6.56. The van der Waals surface area contributed by atoms with Crippen LogP contribution < -0.4 is 5.32 Å². The molecule has 2 aromatic carbocycles. The molecule has 2 aliphatic carbocycles. The van der Waals surface area contributed by atoms with Crippen molar-refractivity contribution in [1.82, 2.24) is 4.98 Å². The van der Waals surface area contributed by atoms with E-state index in [0.717, 1.165) is 60.9 Å². The maximum atomic E-state index is 13.1. The third-order valence-electron chi connectivity index (χ3n) is 7.83. The number of aromatic nitrogens is 1. The summed E-state index contributed by atoms with van der Waals surface area (Å²) < 4.78 is 0.754. The molecular formula is C29H31BrN2O2. The fraction of sp³-hybridized carbons (Fsp3) is 0.379. The van der Waals surface area contributed by atoms with Gasteiger partial charge in [-0.15, -0.1) is 0 Å². The van der Waals surface area contributed by atoms with Crippen LogP contribution in [-0.4, -0.2) is 22.1 Å². The second kappa shape index (κ2) is 9.63. The van der Waals surface area contributed by atoms with Gasteiger partial charge in [-0.05, 0) is 115 Å². The molecule has 0 bridgehead atoms. The van der Waals surface area contributed by atoms with E-state index in [1.54, 1.807) is 0 Å². The highest BCUT2D eigenvalue weighted by Crippen LogP contribution is 2.51. The zero-order valence-corrected chi connectivity index (χ0v) is 21.1. The van der Waals surface area contributed by atoms with Crippen molar-refractivity contribution in [2.75, 3.05) is 5.32 Å². The molecule has 5 rings (SSSR count). The van der Waals surface area contributed by atoms with Gasteiger partial charge in [0.1, 0.15) is 4.60 Å². The van der Waals surface area contributed by atoms with Crippen LogP contribution in [-0.2, 0) is 18.3 Å². The molecule has 0 saturated heterocycles. The number of aryl methyl sites for hydroxylation is 2. The van der Waals surface area contributed by atoms with Crippen molar-refractivity contribution in [3.8, 4) is 0 Å². The predicted octanol–water partition coefficient (Wildman–Crippen LogP) is 6.38. The molecular weight excluding hydrogens is 488 g/mol. The summed E-state index contributed by atoms with van der Waals surface area (Å²) in [7, 11) is 0. The lowest BCUT2D eigenvalue weighted by molar-refractivity contribution is 0.0468. The van der Waals surface area contributed by atoms with Gasteiger partial charge in [0.2, 0.25) is 0 Å². The van der Waals surface area contributed by atoms with Gasteiger partial charge in [0.15, 0.2) is 0 Å². The van der Waals surface area contributed by atoms with Crippen LogP contribution in [0.15, 0.2) is 65.3 Å².